The molecule has 0 aromatic heterocycles. The molecule has 1 rings (SSSR count). The Labute approximate surface area is 123 Å². The molecule has 0 radical (unpaired) electrons. The molecule has 0 saturated heterocycles. The van der Waals surface area contributed by atoms with Crippen LogP contribution in [0.2, 0.25) is 0 Å². The van der Waals surface area contributed by atoms with Gasteiger partial charge in [-0.25, -0.2) is 0 Å². The fraction of sp³-hybridized carbons (Fsp3) is 0.938. The molecule has 4 nitrogen and oxygen atoms in total. The smallest absolute Gasteiger partial charge is 0.220 e. The van der Waals surface area contributed by atoms with Crippen molar-refractivity contribution in [1.82, 2.24) is 5.32 Å². The normalized spacial score (nSPS) is 17.9. The number of hydrogen-bond acceptors (Lipinski definition) is 3. The van der Waals surface area contributed by atoms with E-state index in [1.807, 2.05) is 0 Å². The Bertz CT molecular complexity index is 263. The van der Waals surface area contributed by atoms with Gasteiger partial charge in [0.15, 0.2) is 0 Å². The Balaban J connectivity index is 2.10. The van der Waals surface area contributed by atoms with Gasteiger partial charge in [0, 0.05) is 26.2 Å². The first kappa shape index (κ1) is 17.4. The summed E-state index contributed by atoms with van der Waals surface area (Å²) in [6.07, 6.45) is 9.71. The third-order valence-corrected chi connectivity index (χ3v) is 4.31. The topological polar surface area (TPSA) is 64.3 Å². The summed E-state index contributed by atoms with van der Waals surface area (Å²) >= 11 is 0. The lowest BCUT2D eigenvalue weighted by atomic mass is 9.71. The van der Waals surface area contributed by atoms with Gasteiger partial charge >= 0.3 is 0 Å². The molecule has 0 atom stereocenters. The summed E-state index contributed by atoms with van der Waals surface area (Å²) in [6, 6.07) is 0. The molecule has 0 bridgehead atoms. The third kappa shape index (κ3) is 6.71. The zero-order valence-electron chi connectivity index (χ0n) is 13.1. The Morgan fingerprint density at radius 3 is 2.55 bits per heavy atom. The minimum atomic E-state index is 0.0694. The molecule has 20 heavy (non-hydrogen) atoms. The first-order chi connectivity index (χ1) is 9.72. The minimum Gasteiger partial charge on any atom is -0.381 e. The number of unbranched alkanes of at least 4 members (excludes halogenated alkanes) is 1. The van der Waals surface area contributed by atoms with Crippen LogP contribution in [-0.2, 0) is 9.53 Å². The second kappa shape index (κ2) is 10.2. The maximum Gasteiger partial charge on any atom is 0.220 e. The van der Waals surface area contributed by atoms with E-state index in [1.165, 1.54) is 19.3 Å². The molecule has 1 aliphatic carbocycles. The van der Waals surface area contributed by atoms with Crippen LogP contribution in [0, 0.1) is 5.41 Å². The van der Waals surface area contributed by atoms with Gasteiger partial charge in [0.25, 0.3) is 0 Å². The second-order valence-electron chi connectivity index (χ2n) is 6.11. The van der Waals surface area contributed by atoms with Crippen LogP contribution in [0.5, 0.6) is 0 Å². The SMILES string of the molecule is CCCCOCCCNC(=O)CC1(CN)CCCCC1. The highest BCUT2D eigenvalue weighted by atomic mass is 16.5. The Kier molecular flexibility index (Phi) is 8.86. The monoisotopic (exact) mass is 284 g/mol. The van der Waals surface area contributed by atoms with Gasteiger partial charge < -0.3 is 15.8 Å². The van der Waals surface area contributed by atoms with Crippen molar-refractivity contribution in [3.63, 3.8) is 0 Å². The summed E-state index contributed by atoms with van der Waals surface area (Å²) in [5, 5.41) is 3.01. The van der Waals surface area contributed by atoms with Crippen LogP contribution in [0.1, 0.15) is 64.7 Å². The Hall–Kier alpha value is -0.610. The molecule has 4 heteroatoms. The van der Waals surface area contributed by atoms with E-state index >= 15 is 0 Å². The first-order valence-corrected chi connectivity index (χ1v) is 8.27. The van der Waals surface area contributed by atoms with Crippen LogP contribution in [0.4, 0.5) is 0 Å². The summed E-state index contributed by atoms with van der Waals surface area (Å²) in [5.74, 6) is 0.158. The van der Waals surface area contributed by atoms with E-state index in [2.05, 4.69) is 12.2 Å². The Morgan fingerprint density at radius 1 is 1.20 bits per heavy atom. The molecule has 3 N–H and O–H groups in total. The lowest BCUT2D eigenvalue weighted by molar-refractivity contribution is -0.123. The number of nitrogens with two attached hydrogens (primary N) is 1. The number of rotatable bonds is 10. The second-order valence-corrected chi connectivity index (χ2v) is 6.11. The standard InChI is InChI=1S/C16H32N2O2/c1-2-3-11-20-12-7-10-18-15(19)13-16(14-17)8-5-4-6-9-16/h2-14,17H2,1H3,(H,18,19). The fourth-order valence-corrected chi connectivity index (χ4v) is 2.91. The van der Waals surface area contributed by atoms with Crippen LogP contribution < -0.4 is 11.1 Å². The Morgan fingerprint density at radius 2 is 1.90 bits per heavy atom. The van der Waals surface area contributed by atoms with E-state index in [4.69, 9.17) is 10.5 Å². The van der Waals surface area contributed by atoms with Crippen LogP contribution in [-0.4, -0.2) is 32.2 Å². The molecule has 1 amide bonds. The van der Waals surface area contributed by atoms with E-state index in [0.717, 1.165) is 45.3 Å². The van der Waals surface area contributed by atoms with Gasteiger partial charge in [-0.1, -0.05) is 32.6 Å². The van der Waals surface area contributed by atoms with E-state index in [0.29, 0.717) is 19.5 Å². The quantitative estimate of drug-likeness (QED) is 0.606. The van der Waals surface area contributed by atoms with Crippen LogP contribution in [0.3, 0.4) is 0 Å². The van der Waals surface area contributed by atoms with Crippen LogP contribution >= 0.6 is 0 Å². The van der Waals surface area contributed by atoms with Crippen molar-refractivity contribution in [2.75, 3.05) is 26.3 Å². The zero-order valence-corrected chi connectivity index (χ0v) is 13.1. The molecule has 1 saturated carbocycles. The number of nitrogens with one attached hydrogen (secondary N) is 1. The number of carbonyl (C=O) groups is 1. The van der Waals surface area contributed by atoms with Gasteiger partial charge in [0.05, 0.1) is 0 Å². The minimum absolute atomic E-state index is 0.0694. The van der Waals surface area contributed by atoms with Gasteiger partial charge in [-0.05, 0) is 37.6 Å². The molecular formula is C16H32N2O2. The lowest BCUT2D eigenvalue weighted by Gasteiger charge is -2.35. The molecule has 0 aromatic carbocycles. The fourth-order valence-electron chi connectivity index (χ4n) is 2.91. The summed E-state index contributed by atoms with van der Waals surface area (Å²) < 4.78 is 5.48. The van der Waals surface area contributed by atoms with Gasteiger partial charge in [0.2, 0.25) is 5.91 Å². The van der Waals surface area contributed by atoms with Crippen molar-refractivity contribution in [2.24, 2.45) is 11.1 Å². The van der Waals surface area contributed by atoms with E-state index < -0.39 is 0 Å². The largest absolute Gasteiger partial charge is 0.381 e. The van der Waals surface area contributed by atoms with Crippen LogP contribution in [0.25, 0.3) is 0 Å². The number of amides is 1. The average Bonchev–Trinajstić information content (AvgIpc) is 2.47. The highest BCUT2D eigenvalue weighted by Gasteiger charge is 2.32. The maximum atomic E-state index is 12.0. The lowest BCUT2D eigenvalue weighted by Crippen LogP contribution is -2.39. The molecule has 0 unspecified atom stereocenters. The van der Waals surface area contributed by atoms with Crippen molar-refractivity contribution in [1.29, 1.82) is 0 Å². The number of carbonyl (C=O) groups excluding carboxylic acids is 1. The van der Waals surface area contributed by atoms with E-state index in [9.17, 15) is 4.79 Å². The van der Waals surface area contributed by atoms with Crippen molar-refractivity contribution in [2.45, 2.75) is 64.7 Å². The first-order valence-electron chi connectivity index (χ1n) is 8.27. The molecule has 1 fully saturated rings. The summed E-state index contributed by atoms with van der Waals surface area (Å²) in [5.41, 5.74) is 5.98. The predicted octanol–water partition coefficient (Wildman–Crippen LogP) is 2.61. The summed E-state index contributed by atoms with van der Waals surface area (Å²) in [6.45, 7) is 5.08. The molecular weight excluding hydrogens is 252 g/mol. The maximum absolute atomic E-state index is 12.0. The molecule has 0 aliphatic heterocycles. The number of hydrogen-bond donors (Lipinski definition) is 2. The molecule has 0 spiro atoms. The van der Waals surface area contributed by atoms with Gasteiger partial charge in [-0.2, -0.15) is 0 Å². The van der Waals surface area contributed by atoms with Crippen molar-refractivity contribution in [3.05, 3.63) is 0 Å². The summed E-state index contributed by atoms with van der Waals surface area (Å²) in [7, 11) is 0. The molecule has 118 valence electrons. The van der Waals surface area contributed by atoms with Crippen LogP contribution in [0.15, 0.2) is 0 Å². The van der Waals surface area contributed by atoms with Gasteiger partial charge in [-0.3, -0.25) is 4.79 Å². The highest BCUT2D eigenvalue weighted by Crippen LogP contribution is 2.38. The highest BCUT2D eigenvalue weighted by molar-refractivity contribution is 5.76. The predicted molar refractivity (Wildman–Crippen MR) is 82.5 cm³/mol. The number of ether oxygens (including phenoxy) is 1. The molecule has 0 heterocycles. The zero-order chi connectivity index (χ0) is 14.7. The third-order valence-electron chi connectivity index (χ3n) is 4.31. The molecule has 1 aliphatic rings. The van der Waals surface area contributed by atoms with E-state index in [-0.39, 0.29) is 11.3 Å². The van der Waals surface area contributed by atoms with Crippen molar-refractivity contribution >= 4 is 5.91 Å². The summed E-state index contributed by atoms with van der Waals surface area (Å²) in [4.78, 5) is 12.0. The van der Waals surface area contributed by atoms with E-state index in [1.54, 1.807) is 0 Å². The van der Waals surface area contributed by atoms with Gasteiger partial charge in [-0.15, -0.1) is 0 Å². The molecule has 0 aromatic rings. The average molecular weight is 284 g/mol. The van der Waals surface area contributed by atoms with Gasteiger partial charge in [0.1, 0.15) is 0 Å². The van der Waals surface area contributed by atoms with Crippen molar-refractivity contribution < 1.29 is 9.53 Å². The van der Waals surface area contributed by atoms with Crippen molar-refractivity contribution in [3.8, 4) is 0 Å².